The highest BCUT2D eigenvalue weighted by atomic mass is 32.2. The van der Waals surface area contributed by atoms with Crippen LogP contribution >= 0.6 is 11.9 Å². The van der Waals surface area contributed by atoms with Crippen LogP contribution in [0.4, 0.5) is 11.4 Å². The molecular formula is C23H33N5O2S. The Bertz CT molecular complexity index is 934. The maximum absolute atomic E-state index is 13.6. The Morgan fingerprint density at radius 3 is 2.48 bits per heavy atom. The van der Waals surface area contributed by atoms with Gasteiger partial charge >= 0.3 is 5.56 Å². The van der Waals surface area contributed by atoms with Crippen molar-refractivity contribution in [2.75, 3.05) is 43.4 Å². The highest BCUT2D eigenvalue weighted by molar-refractivity contribution is 7.97. The number of benzene rings is 1. The van der Waals surface area contributed by atoms with Gasteiger partial charge in [0.2, 0.25) is 5.75 Å². The van der Waals surface area contributed by atoms with Crippen LogP contribution in [0.5, 0.6) is 5.75 Å². The zero-order chi connectivity index (χ0) is 21.8. The van der Waals surface area contributed by atoms with Crippen LogP contribution in [-0.4, -0.2) is 58.7 Å². The molecule has 0 radical (unpaired) electrons. The Kier molecular flexibility index (Phi) is 7.07. The molecule has 1 N–H and O–H groups in total. The fraction of sp³-hybridized carbons (Fsp3) is 0.565. The Hall–Kier alpha value is -2.19. The summed E-state index contributed by atoms with van der Waals surface area (Å²) in [6.45, 7) is 8.07. The topological polar surface area (TPSA) is 62.6 Å². The molecule has 0 bridgehead atoms. The number of nitrogens with one attached hydrogen (secondary N) is 1. The minimum atomic E-state index is -0.189. The van der Waals surface area contributed by atoms with Gasteiger partial charge in [-0.3, -0.25) is 4.79 Å². The molecule has 1 aromatic carbocycles. The van der Waals surface area contributed by atoms with Crippen LogP contribution in [-0.2, 0) is 0 Å². The van der Waals surface area contributed by atoms with Crippen molar-refractivity contribution in [2.24, 2.45) is 0 Å². The number of ether oxygens (including phenoxy) is 1. The molecule has 0 spiro atoms. The van der Waals surface area contributed by atoms with Crippen molar-refractivity contribution in [1.29, 1.82) is 0 Å². The smallest absolute Gasteiger partial charge is 0.316 e. The number of anilines is 2. The van der Waals surface area contributed by atoms with Crippen molar-refractivity contribution in [3.05, 3.63) is 40.8 Å². The fourth-order valence-corrected chi connectivity index (χ4v) is 5.28. The molecule has 0 atom stereocenters. The number of aromatic nitrogens is 2. The molecule has 1 aliphatic carbocycles. The van der Waals surface area contributed by atoms with E-state index in [2.05, 4.69) is 33.5 Å². The summed E-state index contributed by atoms with van der Waals surface area (Å²) in [5.41, 5.74) is 2.22. The van der Waals surface area contributed by atoms with Crippen LogP contribution in [0.25, 0.3) is 5.69 Å². The van der Waals surface area contributed by atoms with Gasteiger partial charge in [-0.05, 0) is 37.8 Å². The number of para-hydroxylation sites is 2. The summed E-state index contributed by atoms with van der Waals surface area (Å²) in [5.74, 6) is 0.442. The zero-order valence-electron chi connectivity index (χ0n) is 18.7. The lowest BCUT2D eigenvalue weighted by molar-refractivity contribution is 0.205. The lowest BCUT2D eigenvalue weighted by Crippen LogP contribution is -2.45. The number of hydrogen-bond donors (Lipinski definition) is 1. The molecule has 1 aromatic heterocycles. The molecule has 2 aromatic rings. The zero-order valence-corrected chi connectivity index (χ0v) is 19.5. The number of piperazine rings is 1. The number of nitrogens with zero attached hydrogens (tertiary/aromatic N) is 4. The predicted octanol–water partition coefficient (Wildman–Crippen LogP) is 3.77. The van der Waals surface area contributed by atoms with Gasteiger partial charge in [0.1, 0.15) is 5.69 Å². The monoisotopic (exact) mass is 443 g/mol. The van der Waals surface area contributed by atoms with Crippen molar-refractivity contribution < 1.29 is 4.74 Å². The van der Waals surface area contributed by atoms with Crippen LogP contribution in [0.1, 0.15) is 39.5 Å². The first-order valence-electron chi connectivity index (χ1n) is 11.3. The van der Waals surface area contributed by atoms with Crippen molar-refractivity contribution in [1.82, 2.24) is 14.1 Å². The molecule has 1 aliphatic heterocycles. The van der Waals surface area contributed by atoms with Gasteiger partial charge in [-0.25, -0.2) is 4.31 Å². The predicted molar refractivity (Wildman–Crippen MR) is 129 cm³/mol. The van der Waals surface area contributed by atoms with E-state index in [1.54, 1.807) is 0 Å². The van der Waals surface area contributed by atoms with E-state index in [4.69, 9.17) is 4.74 Å². The normalized spacial score (nSPS) is 18.0. The molecule has 0 unspecified atom stereocenters. The van der Waals surface area contributed by atoms with Crippen LogP contribution in [0.2, 0.25) is 0 Å². The third-order valence-corrected chi connectivity index (χ3v) is 6.93. The second-order valence-electron chi connectivity index (χ2n) is 8.44. The standard InChI is InChI=1S/C23H33N5O2S/c1-17(2)31-27-14-12-26(13-15-27)21-16-25-28(20-11-7-6-10-19(20)24-3)23(29)22(21)30-18-8-4-5-9-18/h6-7,10-11,16-18,24H,4-5,8-9,12-15H2,1-3H3. The molecule has 4 rings (SSSR count). The second-order valence-corrected chi connectivity index (χ2v) is 10.1. The molecular weight excluding hydrogens is 410 g/mol. The van der Waals surface area contributed by atoms with Gasteiger partial charge < -0.3 is 15.0 Å². The molecule has 2 heterocycles. The summed E-state index contributed by atoms with van der Waals surface area (Å²) in [6.07, 6.45) is 6.25. The molecule has 2 aliphatic rings. The molecule has 31 heavy (non-hydrogen) atoms. The molecule has 7 nitrogen and oxygen atoms in total. The summed E-state index contributed by atoms with van der Waals surface area (Å²) < 4.78 is 10.2. The average molecular weight is 444 g/mol. The lowest BCUT2D eigenvalue weighted by atomic mass is 10.2. The maximum Gasteiger partial charge on any atom is 0.316 e. The van der Waals surface area contributed by atoms with Crippen molar-refractivity contribution in [3.8, 4) is 11.4 Å². The molecule has 8 heteroatoms. The SMILES string of the molecule is CNc1ccccc1-n1ncc(N2CCN(SC(C)C)CC2)c(OC2CCCC2)c1=O. The largest absolute Gasteiger partial charge is 0.483 e. The van der Waals surface area contributed by atoms with E-state index in [1.807, 2.05) is 49.5 Å². The van der Waals surface area contributed by atoms with Crippen molar-refractivity contribution in [3.63, 3.8) is 0 Å². The Balaban J connectivity index is 1.67. The maximum atomic E-state index is 13.6. The van der Waals surface area contributed by atoms with Crippen LogP contribution in [0, 0.1) is 0 Å². The third-order valence-electron chi connectivity index (χ3n) is 5.84. The molecule has 0 amide bonds. The van der Waals surface area contributed by atoms with Crippen LogP contribution < -0.4 is 20.5 Å². The highest BCUT2D eigenvalue weighted by Crippen LogP contribution is 2.31. The molecule has 1 saturated carbocycles. The minimum Gasteiger partial charge on any atom is -0.483 e. The molecule has 1 saturated heterocycles. The summed E-state index contributed by atoms with van der Waals surface area (Å²) in [6, 6.07) is 7.71. The number of hydrogen-bond acceptors (Lipinski definition) is 7. The summed E-state index contributed by atoms with van der Waals surface area (Å²) in [7, 11) is 1.85. The molecule has 168 valence electrons. The van der Waals surface area contributed by atoms with Gasteiger partial charge in [-0.1, -0.05) is 37.9 Å². The van der Waals surface area contributed by atoms with E-state index < -0.39 is 0 Å². The summed E-state index contributed by atoms with van der Waals surface area (Å²) in [5, 5.41) is 8.29. The van der Waals surface area contributed by atoms with E-state index in [0.29, 0.717) is 11.0 Å². The first kappa shape index (κ1) is 22.0. The Morgan fingerprint density at radius 1 is 1.10 bits per heavy atom. The van der Waals surface area contributed by atoms with Crippen molar-refractivity contribution in [2.45, 2.75) is 50.9 Å². The minimum absolute atomic E-state index is 0.111. The van der Waals surface area contributed by atoms with Crippen LogP contribution in [0.3, 0.4) is 0 Å². The van der Waals surface area contributed by atoms with Gasteiger partial charge in [0, 0.05) is 38.5 Å². The second kappa shape index (κ2) is 9.96. The van der Waals surface area contributed by atoms with Gasteiger partial charge in [0.15, 0.2) is 0 Å². The summed E-state index contributed by atoms with van der Waals surface area (Å²) >= 11 is 1.90. The van der Waals surface area contributed by atoms with E-state index in [0.717, 1.165) is 68.9 Å². The van der Waals surface area contributed by atoms with E-state index in [1.165, 1.54) is 4.68 Å². The first-order chi connectivity index (χ1) is 15.1. The van der Waals surface area contributed by atoms with Crippen LogP contribution in [0.15, 0.2) is 35.3 Å². The lowest BCUT2D eigenvalue weighted by Gasteiger charge is -2.36. The van der Waals surface area contributed by atoms with Gasteiger partial charge in [-0.2, -0.15) is 9.78 Å². The van der Waals surface area contributed by atoms with E-state index >= 15 is 0 Å². The van der Waals surface area contributed by atoms with Gasteiger partial charge in [-0.15, -0.1) is 0 Å². The quantitative estimate of drug-likeness (QED) is 0.654. The molecule has 2 fully saturated rings. The van der Waals surface area contributed by atoms with E-state index in [-0.39, 0.29) is 11.7 Å². The summed E-state index contributed by atoms with van der Waals surface area (Å²) in [4.78, 5) is 15.9. The highest BCUT2D eigenvalue weighted by Gasteiger charge is 2.27. The van der Waals surface area contributed by atoms with Gasteiger partial charge in [0.25, 0.3) is 0 Å². The number of rotatable bonds is 7. The van der Waals surface area contributed by atoms with Gasteiger partial charge in [0.05, 0.1) is 23.7 Å². The third kappa shape index (κ3) is 5.01. The first-order valence-corrected chi connectivity index (χ1v) is 12.1. The Morgan fingerprint density at radius 2 is 1.81 bits per heavy atom. The van der Waals surface area contributed by atoms with E-state index in [9.17, 15) is 4.79 Å². The van der Waals surface area contributed by atoms with Crippen molar-refractivity contribution >= 4 is 23.3 Å². The fourth-order valence-electron chi connectivity index (χ4n) is 4.31. The average Bonchev–Trinajstić information content (AvgIpc) is 3.29. The Labute approximate surface area is 188 Å².